The third kappa shape index (κ3) is 4.06. The van der Waals surface area contributed by atoms with Crippen molar-refractivity contribution in [2.45, 2.75) is 45.6 Å². The highest BCUT2D eigenvalue weighted by molar-refractivity contribution is 6.03. The van der Waals surface area contributed by atoms with Crippen LogP contribution in [0.5, 0.6) is 0 Å². The topological polar surface area (TPSA) is 66.9 Å². The van der Waals surface area contributed by atoms with E-state index in [4.69, 9.17) is 0 Å². The molecule has 2 N–H and O–H groups in total. The lowest BCUT2D eigenvalue weighted by molar-refractivity contribution is 0.102. The number of hydrogen-bond donors (Lipinski definition) is 2. The average Bonchev–Trinajstić information content (AvgIpc) is 2.99. The molecule has 2 aromatic rings. The van der Waals surface area contributed by atoms with Crippen LogP contribution < -0.4 is 10.6 Å². The number of hydrogen-bond acceptors (Lipinski definition) is 4. The number of aryl methyl sites for hydroxylation is 2. The van der Waals surface area contributed by atoms with Gasteiger partial charge in [0.15, 0.2) is 0 Å². The Bertz CT molecular complexity index is 708. The van der Waals surface area contributed by atoms with Gasteiger partial charge in [0, 0.05) is 17.8 Å². The Labute approximate surface area is 136 Å². The highest BCUT2D eigenvalue weighted by Crippen LogP contribution is 2.22. The van der Waals surface area contributed by atoms with Crippen molar-refractivity contribution < 1.29 is 4.79 Å². The molecule has 5 heteroatoms. The standard InChI is InChI=1S/C18H22N4O/c1-12-6-5-9-15(10-12)22-18(23)16-11-17(20-13(2)19-16)21-14-7-3-4-8-14/h5-6,9-11,14H,3-4,7-8H2,1-2H3,(H,22,23)(H,19,20,21). The molecule has 1 aromatic heterocycles. The lowest BCUT2D eigenvalue weighted by Gasteiger charge is -2.14. The zero-order chi connectivity index (χ0) is 16.2. The average molecular weight is 310 g/mol. The van der Waals surface area contributed by atoms with Crippen molar-refractivity contribution in [3.8, 4) is 0 Å². The summed E-state index contributed by atoms with van der Waals surface area (Å²) in [6.07, 6.45) is 4.83. The minimum atomic E-state index is -0.212. The SMILES string of the molecule is Cc1cccc(NC(=O)c2cc(NC3CCCC3)nc(C)n2)c1. The van der Waals surface area contributed by atoms with E-state index in [2.05, 4.69) is 20.6 Å². The Hall–Kier alpha value is -2.43. The molecular formula is C18H22N4O. The fraction of sp³-hybridized carbons (Fsp3) is 0.389. The van der Waals surface area contributed by atoms with Gasteiger partial charge in [-0.25, -0.2) is 9.97 Å². The van der Waals surface area contributed by atoms with Gasteiger partial charge in [-0.2, -0.15) is 0 Å². The molecule has 23 heavy (non-hydrogen) atoms. The number of benzene rings is 1. The van der Waals surface area contributed by atoms with Gasteiger partial charge in [0.05, 0.1) is 0 Å². The number of carbonyl (C=O) groups is 1. The monoisotopic (exact) mass is 310 g/mol. The van der Waals surface area contributed by atoms with Crippen molar-refractivity contribution in [1.29, 1.82) is 0 Å². The highest BCUT2D eigenvalue weighted by Gasteiger charge is 2.17. The molecule has 0 unspecified atom stereocenters. The Balaban J connectivity index is 1.75. The second-order valence-corrected chi connectivity index (χ2v) is 6.13. The molecule has 5 nitrogen and oxygen atoms in total. The lowest BCUT2D eigenvalue weighted by atomic mass is 10.2. The summed E-state index contributed by atoms with van der Waals surface area (Å²) in [5.74, 6) is 1.12. The van der Waals surface area contributed by atoms with Crippen molar-refractivity contribution in [3.63, 3.8) is 0 Å². The quantitative estimate of drug-likeness (QED) is 0.903. The van der Waals surface area contributed by atoms with Crippen LogP contribution in [0.1, 0.15) is 47.6 Å². The lowest BCUT2D eigenvalue weighted by Crippen LogP contribution is -2.19. The van der Waals surface area contributed by atoms with Crippen molar-refractivity contribution in [2.75, 3.05) is 10.6 Å². The Morgan fingerprint density at radius 3 is 2.65 bits per heavy atom. The molecule has 0 saturated heterocycles. The molecule has 120 valence electrons. The Kier molecular flexibility index (Phi) is 4.55. The van der Waals surface area contributed by atoms with Crippen LogP contribution in [0.2, 0.25) is 0 Å². The van der Waals surface area contributed by atoms with Gasteiger partial charge in [-0.05, 0) is 44.4 Å². The first kappa shape index (κ1) is 15.5. The largest absolute Gasteiger partial charge is 0.367 e. The molecule has 1 aromatic carbocycles. The van der Waals surface area contributed by atoms with Crippen molar-refractivity contribution in [2.24, 2.45) is 0 Å². The van der Waals surface area contributed by atoms with Crippen LogP contribution >= 0.6 is 0 Å². The van der Waals surface area contributed by atoms with Gasteiger partial charge >= 0.3 is 0 Å². The predicted molar refractivity (Wildman–Crippen MR) is 91.8 cm³/mol. The first-order valence-electron chi connectivity index (χ1n) is 8.10. The first-order chi connectivity index (χ1) is 11.1. The number of anilines is 2. The van der Waals surface area contributed by atoms with Crippen molar-refractivity contribution in [1.82, 2.24) is 9.97 Å². The molecule has 1 fully saturated rings. The molecule has 1 amide bonds. The van der Waals surface area contributed by atoms with E-state index >= 15 is 0 Å². The molecular weight excluding hydrogens is 288 g/mol. The van der Waals surface area contributed by atoms with Crippen molar-refractivity contribution in [3.05, 3.63) is 47.4 Å². The summed E-state index contributed by atoms with van der Waals surface area (Å²) < 4.78 is 0. The van der Waals surface area contributed by atoms with E-state index in [1.54, 1.807) is 6.07 Å². The number of nitrogens with zero attached hydrogens (tertiary/aromatic N) is 2. The number of amides is 1. The molecule has 1 saturated carbocycles. The van der Waals surface area contributed by atoms with E-state index in [0.717, 1.165) is 29.9 Å². The van der Waals surface area contributed by atoms with E-state index in [9.17, 15) is 4.79 Å². The van der Waals surface area contributed by atoms with E-state index in [0.29, 0.717) is 17.6 Å². The molecule has 0 radical (unpaired) electrons. The zero-order valence-corrected chi connectivity index (χ0v) is 13.6. The van der Waals surface area contributed by atoms with E-state index < -0.39 is 0 Å². The maximum atomic E-state index is 12.4. The minimum absolute atomic E-state index is 0.212. The van der Waals surface area contributed by atoms with Crippen LogP contribution in [-0.4, -0.2) is 21.9 Å². The third-order valence-electron chi connectivity index (χ3n) is 4.05. The molecule has 0 spiro atoms. The first-order valence-corrected chi connectivity index (χ1v) is 8.10. The van der Waals surface area contributed by atoms with E-state index in [-0.39, 0.29) is 5.91 Å². The predicted octanol–water partition coefficient (Wildman–Crippen LogP) is 3.70. The summed E-state index contributed by atoms with van der Waals surface area (Å²) in [5.41, 5.74) is 2.27. The summed E-state index contributed by atoms with van der Waals surface area (Å²) >= 11 is 0. The minimum Gasteiger partial charge on any atom is -0.367 e. The van der Waals surface area contributed by atoms with Gasteiger partial charge in [-0.3, -0.25) is 4.79 Å². The maximum Gasteiger partial charge on any atom is 0.274 e. The van der Waals surface area contributed by atoms with Crippen LogP contribution in [0.25, 0.3) is 0 Å². The Morgan fingerprint density at radius 2 is 1.91 bits per heavy atom. The Morgan fingerprint density at radius 1 is 1.13 bits per heavy atom. The molecule has 0 aliphatic heterocycles. The summed E-state index contributed by atoms with van der Waals surface area (Å²) in [4.78, 5) is 21.1. The molecule has 1 aliphatic carbocycles. The molecule has 1 heterocycles. The molecule has 0 bridgehead atoms. The molecule has 0 atom stereocenters. The second kappa shape index (κ2) is 6.77. The van der Waals surface area contributed by atoms with Gasteiger partial charge < -0.3 is 10.6 Å². The molecule has 3 rings (SSSR count). The van der Waals surface area contributed by atoms with Crippen LogP contribution in [0, 0.1) is 13.8 Å². The van der Waals surface area contributed by atoms with Gasteiger partial charge in [-0.1, -0.05) is 25.0 Å². The van der Waals surface area contributed by atoms with E-state index in [1.807, 2.05) is 38.1 Å². The normalized spacial score (nSPS) is 14.7. The fourth-order valence-electron chi connectivity index (χ4n) is 2.96. The second-order valence-electron chi connectivity index (χ2n) is 6.13. The van der Waals surface area contributed by atoms with Crippen LogP contribution in [0.4, 0.5) is 11.5 Å². The number of aromatic nitrogens is 2. The van der Waals surface area contributed by atoms with Crippen LogP contribution in [0.3, 0.4) is 0 Å². The zero-order valence-electron chi connectivity index (χ0n) is 13.6. The summed E-state index contributed by atoms with van der Waals surface area (Å²) in [6.45, 7) is 3.80. The summed E-state index contributed by atoms with van der Waals surface area (Å²) in [6, 6.07) is 9.91. The highest BCUT2D eigenvalue weighted by atomic mass is 16.1. The maximum absolute atomic E-state index is 12.4. The van der Waals surface area contributed by atoms with Gasteiger partial charge in [0.1, 0.15) is 17.3 Å². The van der Waals surface area contributed by atoms with Gasteiger partial charge in [0.25, 0.3) is 5.91 Å². The van der Waals surface area contributed by atoms with Gasteiger partial charge in [-0.15, -0.1) is 0 Å². The summed E-state index contributed by atoms with van der Waals surface area (Å²) in [7, 11) is 0. The summed E-state index contributed by atoms with van der Waals surface area (Å²) in [5, 5.41) is 6.31. The van der Waals surface area contributed by atoms with Gasteiger partial charge in [0.2, 0.25) is 0 Å². The van der Waals surface area contributed by atoms with Crippen molar-refractivity contribution >= 4 is 17.4 Å². The third-order valence-corrected chi connectivity index (χ3v) is 4.05. The van der Waals surface area contributed by atoms with Crippen LogP contribution in [-0.2, 0) is 0 Å². The fourth-order valence-corrected chi connectivity index (χ4v) is 2.96. The number of carbonyl (C=O) groups excluding carboxylic acids is 1. The smallest absolute Gasteiger partial charge is 0.274 e. The number of rotatable bonds is 4. The molecule has 1 aliphatic rings. The van der Waals surface area contributed by atoms with E-state index in [1.165, 1.54) is 12.8 Å². The number of nitrogens with one attached hydrogen (secondary N) is 2. The van der Waals surface area contributed by atoms with Crippen LogP contribution in [0.15, 0.2) is 30.3 Å².